The van der Waals surface area contributed by atoms with Gasteiger partial charge in [-0.2, -0.15) is 0 Å². The highest BCUT2D eigenvalue weighted by atomic mass is 35.5. The van der Waals surface area contributed by atoms with E-state index in [2.05, 4.69) is 4.98 Å². The maximum Gasteiger partial charge on any atom is 0.227 e. The van der Waals surface area contributed by atoms with Gasteiger partial charge in [0, 0.05) is 22.9 Å². The lowest BCUT2D eigenvalue weighted by Crippen LogP contribution is -1.87. The number of hydrogen-bond acceptors (Lipinski definition) is 3. The van der Waals surface area contributed by atoms with E-state index in [0.29, 0.717) is 27.7 Å². The Morgan fingerprint density at radius 3 is 2.62 bits per heavy atom. The summed E-state index contributed by atoms with van der Waals surface area (Å²) in [5, 5.41) is 0.576. The summed E-state index contributed by atoms with van der Waals surface area (Å²) in [6, 6.07) is 17.3. The molecule has 0 unspecified atom stereocenters. The molecule has 3 nitrogen and oxygen atoms in total. The predicted octanol–water partition coefficient (Wildman–Crippen LogP) is 5.54. The third-order valence-corrected chi connectivity index (χ3v) is 4.08. The number of benzene rings is 3. The van der Waals surface area contributed by atoms with Crippen LogP contribution in [0.4, 0.5) is 10.1 Å². The number of oxazole rings is 1. The molecular weight excluding hydrogens is 327 g/mol. The summed E-state index contributed by atoms with van der Waals surface area (Å²) in [7, 11) is 0. The van der Waals surface area contributed by atoms with Crippen LogP contribution in [-0.2, 0) is 0 Å². The Morgan fingerprint density at radius 2 is 1.79 bits per heavy atom. The average Bonchev–Trinajstić information content (AvgIpc) is 2.98. The molecule has 0 spiro atoms. The van der Waals surface area contributed by atoms with Gasteiger partial charge in [-0.05, 0) is 42.0 Å². The van der Waals surface area contributed by atoms with Crippen molar-refractivity contribution in [3.8, 4) is 22.6 Å². The van der Waals surface area contributed by atoms with Gasteiger partial charge in [-0.1, -0.05) is 29.8 Å². The van der Waals surface area contributed by atoms with E-state index in [1.165, 1.54) is 12.1 Å². The van der Waals surface area contributed by atoms with E-state index in [9.17, 15) is 4.39 Å². The SMILES string of the molecule is Nc1ccc(-c2cccc(-c3nc4cc(F)ccc4o3)c2)c(Cl)c1. The number of rotatable bonds is 2. The van der Waals surface area contributed by atoms with Crippen molar-refractivity contribution in [3.63, 3.8) is 0 Å². The first-order chi connectivity index (χ1) is 11.6. The zero-order valence-corrected chi connectivity index (χ0v) is 13.2. The van der Waals surface area contributed by atoms with Gasteiger partial charge in [0.25, 0.3) is 0 Å². The standard InChI is InChI=1S/C19H12ClFN2O/c20-16-10-14(22)5-6-15(16)11-2-1-3-12(8-11)19-23-17-9-13(21)4-7-18(17)24-19/h1-10H,22H2. The van der Waals surface area contributed by atoms with E-state index in [4.69, 9.17) is 21.8 Å². The van der Waals surface area contributed by atoms with Gasteiger partial charge in [-0.15, -0.1) is 0 Å². The van der Waals surface area contributed by atoms with Gasteiger partial charge in [0.15, 0.2) is 5.58 Å². The lowest BCUT2D eigenvalue weighted by atomic mass is 10.0. The molecule has 4 rings (SSSR count). The summed E-state index contributed by atoms with van der Waals surface area (Å²) in [6.45, 7) is 0. The lowest BCUT2D eigenvalue weighted by Gasteiger charge is -2.06. The highest BCUT2D eigenvalue weighted by Crippen LogP contribution is 2.33. The Hall–Kier alpha value is -2.85. The van der Waals surface area contributed by atoms with Crippen LogP contribution in [0.3, 0.4) is 0 Å². The van der Waals surface area contributed by atoms with Crippen LogP contribution >= 0.6 is 11.6 Å². The molecule has 0 bridgehead atoms. The molecule has 5 heteroatoms. The van der Waals surface area contributed by atoms with Crippen LogP contribution in [0.2, 0.25) is 5.02 Å². The van der Waals surface area contributed by atoms with Crippen LogP contribution in [0.15, 0.2) is 65.1 Å². The largest absolute Gasteiger partial charge is 0.436 e. The lowest BCUT2D eigenvalue weighted by molar-refractivity contribution is 0.614. The molecule has 1 heterocycles. The number of nitrogens with zero attached hydrogens (tertiary/aromatic N) is 1. The molecule has 0 aliphatic heterocycles. The van der Waals surface area contributed by atoms with Gasteiger partial charge < -0.3 is 10.2 Å². The van der Waals surface area contributed by atoms with E-state index in [-0.39, 0.29) is 5.82 Å². The number of hydrogen-bond donors (Lipinski definition) is 1. The van der Waals surface area contributed by atoms with Gasteiger partial charge in [-0.3, -0.25) is 0 Å². The summed E-state index contributed by atoms with van der Waals surface area (Å²) < 4.78 is 19.0. The number of aromatic nitrogens is 1. The minimum absolute atomic E-state index is 0.343. The zero-order valence-electron chi connectivity index (χ0n) is 12.5. The van der Waals surface area contributed by atoms with Crippen molar-refractivity contribution in [1.29, 1.82) is 0 Å². The molecule has 3 aromatic carbocycles. The molecule has 118 valence electrons. The Bertz CT molecular complexity index is 1060. The van der Waals surface area contributed by atoms with E-state index in [1.54, 1.807) is 18.2 Å². The second-order valence-corrected chi connectivity index (χ2v) is 5.86. The second kappa shape index (κ2) is 5.65. The van der Waals surface area contributed by atoms with Crippen molar-refractivity contribution in [3.05, 3.63) is 71.5 Å². The molecule has 0 saturated carbocycles. The number of nitrogen functional groups attached to an aromatic ring is 1. The van der Waals surface area contributed by atoms with Gasteiger partial charge in [-0.25, -0.2) is 9.37 Å². The fraction of sp³-hybridized carbons (Fsp3) is 0. The molecule has 2 N–H and O–H groups in total. The smallest absolute Gasteiger partial charge is 0.227 e. The molecule has 0 aliphatic rings. The number of anilines is 1. The molecule has 0 radical (unpaired) electrons. The van der Waals surface area contributed by atoms with E-state index < -0.39 is 0 Å². The topological polar surface area (TPSA) is 52.0 Å². The number of nitrogens with two attached hydrogens (primary N) is 1. The molecule has 0 saturated heterocycles. The van der Waals surface area contributed by atoms with E-state index in [1.807, 2.05) is 30.3 Å². The summed E-state index contributed by atoms with van der Waals surface area (Å²) >= 11 is 6.28. The minimum atomic E-state index is -0.343. The highest BCUT2D eigenvalue weighted by molar-refractivity contribution is 6.33. The summed E-state index contributed by atoms with van der Waals surface area (Å²) in [4.78, 5) is 4.36. The van der Waals surface area contributed by atoms with Crippen molar-refractivity contribution in [2.45, 2.75) is 0 Å². The van der Waals surface area contributed by atoms with Gasteiger partial charge in [0.05, 0.1) is 5.02 Å². The fourth-order valence-corrected chi connectivity index (χ4v) is 2.91. The average molecular weight is 339 g/mol. The normalized spacial score (nSPS) is 11.1. The Labute approximate surface area is 142 Å². The third-order valence-electron chi connectivity index (χ3n) is 3.76. The number of halogens is 2. The molecule has 0 amide bonds. The Balaban J connectivity index is 1.81. The summed E-state index contributed by atoms with van der Waals surface area (Å²) in [5.41, 5.74) is 9.97. The quantitative estimate of drug-likeness (QED) is 0.488. The Morgan fingerprint density at radius 1 is 0.958 bits per heavy atom. The van der Waals surface area contributed by atoms with Crippen LogP contribution < -0.4 is 5.73 Å². The van der Waals surface area contributed by atoms with Crippen LogP contribution in [0.1, 0.15) is 0 Å². The molecule has 24 heavy (non-hydrogen) atoms. The first-order valence-electron chi connectivity index (χ1n) is 7.32. The van der Waals surface area contributed by atoms with Crippen LogP contribution in [0, 0.1) is 5.82 Å². The van der Waals surface area contributed by atoms with Crippen molar-refractivity contribution >= 4 is 28.4 Å². The van der Waals surface area contributed by atoms with Gasteiger partial charge >= 0.3 is 0 Å². The van der Waals surface area contributed by atoms with Crippen molar-refractivity contribution in [2.75, 3.05) is 5.73 Å². The van der Waals surface area contributed by atoms with Crippen LogP contribution in [-0.4, -0.2) is 4.98 Å². The first kappa shape index (κ1) is 14.7. The van der Waals surface area contributed by atoms with Gasteiger partial charge in [0.1, 0.15) is 11.3 Å². The third kappa shape index (κ3) is 2.61. The van der Waals surface area contributed by atoms with Crippen LogP contribution in [0.5, 0.6) is 0 Å². The van der Waals surface area contributed by atoms with E-state index in [0.717, 1.165) is 16.7 Å². The minimum Gasteiger partial charge on any atom is -0.436 e. The molecule has 1 aromatic heterocycles. The van der Waals surface area contributed by atoms with Crippen molar-refractivity contribution in [2.24, 2.45) is 0 Å². The second-order valence-electron chi connectivity index (χ2n) is 5.45. The Kier molecular flexibility index (Phi) is 3.47. The van der Waals surface area contributed by atoms with Crippen LogP contribution in [0.25, 0.3) is 33.7 Å². The molecule has 0 atom stereocenters. The first-order valence-corrected chi connectivity index (χ1v) is 7.70. The molecule has 0 fully saturated rings. The molecule has 0 aliphatic carbocycles. The van der Waals surface area contributed by atoms with Crippen molar-refractivity contribution in [1.82, 2.24) is 4.98 Å². The van der Waals surface area contributed by atoms with E-state index >= 15 is 0 Å². The maximum absolute atomic E-state index is 13.3. The molecular formula is C19H12ClFN2O. The summed E-state index contributed by atoms with van der Waals surface area (Å²) in [6.07, 6.45) is 0. The van der Waals surface area contributed by atoms with Crippen molar-refractivity contribution < 1.29 is 8.81 Å². The summed E-state index contributed by atoms with van der Waals surface area (Å²) in [5.74, 6) is 0.0915. The highest BCUT2D eigenvalue weighted by Gasteiger charge is 2.11. The maximum atomic E-state index is 13.3. The predicted molar refractivity (Wildman–Crippen MR) is 94.3 cm³/mol. The number of fused-ring (bicyclic) bond motifs is 1. The monoisotopic (exact) mass is 338 g/mol. The van der Waals surface area contributed by atoms with Gasteiger partial charge in [0.2, 0.25) is 5.89 Å². The fourth-order valence-electron chi connectivity index (χ4n) is 2.61. The zero-order chi connectivity index (χ0) is 16.7. The molecule has 4 aromatic rings.